The first-order valence-corrected chi connectivity index (χ1v) is 9.26. The summed E-state index contributed by atoms with van der Waals surface area (Å²) in [6, 6.07) is 13.4. The number of hydrogen-bond acceptors (Lipinski definition) is 3. The van der Waals surface area contributed by atoms with Gasteiger partial charge in [0, 0.05) is 6.42 Å². The van der Waals surface area contributed by atoms with E-state index < -0.39 is 12.0 Å². The van der Waals surface area contributed by atoms with E-state index in [0.29, 0.717) is 12.8 Å². The molecule has 2 rings (SSSR count). The highest BCUT2D eigenvalue weighted by Crippen LogP contribution is 2.19. The molecule has 26 heavy (non-hydrogen) atoms. The van der Waals surface area contributed by atoms with Gasteiger partial charge in [-0.25, -0.2) is 0 Å². The maximum Gasteiger partial charge on any atom is 0.231 e. The van der Waals surface area contributed by atoms with Crippen LogP contribution in [0.5, 0.6) is 0 Å². The maximum atomic E-state index is 12.7. The van der Waals surface area contributed by atoms with Crippen LogP contribution in [0.2, 0.25) is 0 Å². The van der Waals surface area contributed by atoms with E-state index in [9.17, 15) is 14.4 Å². The lowest BCUT2D eigenvalue weighted by Gasteiger charge is -2.22. The predicted octanol–water partition coefficient (Wildman–Crippen LogP) is 3.71. The molecule has 0 aliphatic rings. The van der Waals surface area contributed by atoms with Gasteiger partial charge in [-0.15, -0.1) is 0 Å². The third-order valence-electron chi connectivity index (χ3n) is 5.02. The van der Waals surface area contributed by atoms with Gasteiger partial charge in [-0.3, -0.25) is 9.59 Å². The Morgan fingerprint density at radius 3 is 2.38 bits per heavy atom. The molecule has 2 aromatic rings. The van der Waals surface area contributed by atoms with Crippen molar-refractivity contribution in [3.8, 4) is 0 Å². The summed E-state index contributed by atoms with van der Waals surface area (Å²) in [6.07, 6.45) is 2.17. The van der Waals surface area contributed by atoms with Gasteiger partial charge in [-0.2, -0.15) is 0 Å². The Labute approximate surface area is 155 Å². The highest BCUT2D eigenvalue weighted by atomic mass is 16.2. The molecule has 4 heteroatoms. The standard InChI is InChI=1S/C22H27NO3/c1-4-15(3)20(14-24)23-22(26)19(21(25)5-2)13-16-10-11-17-8-6-7-9-18(17)12-16/h6-12,14-15,19-20H,4-5,13H2,1-3H3,(H,23,26). The Morgan fingerprint density at radius 1 is 1.08 bits per heavy atom. The Balaban J connectivity index is 2.21. The fourth-order valence-corrected chi connectivity index (χ4v) is 3.03. The molecule has 0 aromatic heterocycles. The Bertz CT molecular complexity index is 784. The van der Waals surface area contributed by atoms with Crippen molar-refractivity contribution in [3.63, 3.8) is 0 Å². The smallest absolute Gasteiger partial charge is 0.231 e. The number of rotatable bonds is 9. The van der Waals surface area contributed by atoms with Crippen molar-refractivity contribution in [3.05, 3.63) is 48.0 Å². The molecule has 3 atom stereocenters. The van der Waals surface area contributed by atoms with Gasteiger partial charge in [0.2, 0.25) is 5.91 Å². The van der Waals surface area contributed by atoms with E-state index in [1.165, 1.54) is 0 Å². The quantitative estimate of drug-likeness (QED) is 0.552. The van der Waals surface area contributed by atoms with Crippen molar-refractivity contribution in [2.75, 3.05) is 0 Å². The zero-order valence-electron chi connectivity index (χ0n) is 15.7. The molecular weight excluding hydrogens is 326 g/mol. The zero-order valence-corrected chi connectivity index (χ0v) is 15.7. The van der Waals surface area contributed by atoms with E-state index in [2.05, 4.69) is 5.32 Å². The molecule has 2 aromatic carbocycles. The third kappa shape index (κ3) is 4.78. The molecule has 0 aliphatic carbocycles. The minimum atomic E-state index is -0.771. The lowest BCUT2D eigenvalue weighted by Crippen LogP contribution is -2.45. The van der Waals surface area contributed by atoms with Gasteiger partial charge in [0.05, 0.1) is 6.04 Å². The Hall–Kier alpha value is -2.49. The topological polar surface area (TPSA) is 63.2 Å². The number of nitrogens with one attached hydrogen (secondary N) is 1. The normalized spacial score (nSPS) is 14.4. The fourth-order valence-electron chi connectivity index (χ4n) is 3.03. The molecule has 0 bridgehead atoms. The molecule has 0 heterocycles. The molecule has 1 N–H and O–H groups in total. The molecule has 0 saturated carbocycles. The summed E-state index contributed by atoms with van der Waals surface area (Å²) in [4.78, 5) is 36.4. The molecule has 138 valence electrons. The van der Waals surface area contributed by atoms with Gasteiger partial charge in [-0.1, -0.05) is 69.7 Å². The first-order valence-electron chi connectivity index (χ1n) is 9.26. The van der Waals surface area contributed by atoms with Gasteiger partial charge >= 0.3 is 0 Å². The van der Waals surface area contributed by atoms with E-state index in [1.807, 2.05) is 56.3 Å². The number of aldehydes is 1. The van der Waals surface area contributed by atoms with Crippen LogP contribution in [0.4, 0.5) is 0 Å². The van der Waals surface area contributed by atoms with E-state index in [0.717, 1.165) is 29.0 Å². The SMILES string of the molecule is CCC(=O)C(Cc1ccc2ccccc2c1)C(=O)NC(C=O)C(C)CC. The molecular formula is C22H27NO3. The van der Waals surface area contributed by atoms with Gasteiger partial charge in [0.1, 0.15) is 18.0 Å². The predicted molar refractivity (Wildman–Crippen MR) is 104 cm³/mol. The van der Waals surface area contributed by atoms with Crippen LogP contribution in [0.1, 0.15) is 39.2 Å². The van der Waals surface area contributed by atoms with Crippen molar-refractivity contribution in [2.24, 2.45) is 11.8 Å². The second kappa shape index (κ2) is 9.27. The molecule has 0 saturated heterocycles. The highest BCUT2D eigenvalue weighted by molar-refractivity contribution is 6.02. The van der Waals surface area contributed by atoms with Crippen LogP contribution in [0, 0.1) is 11.8 Å². The molecule has 0 aliphatic heterocycles. The molecule has 1 amide bonds. The second-order valence-electron chi connectivity index (χ2n) is 6.81. The van der Waals surface area contributed by atoms with Crippen LogP contribution in [0.25, 0.3) is 10.8 Å². The molecule has 4 nitrogen and oxygen atoms in total. The first-order chi connectivity index (χ1) is 12.5. The number of ketones is 1. The van der Waals surface area contributed by atoms with Gasteiger partial charge in [0.15, 0.2) is 0 Å². The molecule has 0 radical (unpaired) electrons. The summed E-state index contributed by atoms with van der Waals surface area (Å²) in [7, 11) is 0. The number of benzene rings is 2. The number of fused-ring (bicyclic) bond motifs is 1. The van der Waals surface area contributed by atoms with E-state index in [-0.39, 0.29) is 17.6 Å². The van der Waals surface area contributed by atoms with E-state index in [1.54, 1.807) is 6.92 Å². The first kappa shape index (κ1) is 19.8. The maximum absolute atomic E-state index is 12.7. The van der Waals surface area contributed by atoms with E-state index in [4.69, 9.17) is 0 Å². The number of carbonyl (C=O) groups is 3. The van der Waals surface area contributed by atoms with Gasteiger partial charge < -0.3 is 10.1 Å². The molecule has 0 fully saturated rings. The summed E-state index contributed by atoms with van der Waals surface area (Å²) in [5, 5.41) is 4.97. The van der Waals surface area contributed by atoms with Crippen molar-refractivity contribution in [1.82, 2.24) is 5.32 Å². The van der Waals surface area contributed by atoms with Crippen LogP contribution < -0.4 is 5.32 Å². The summed E-state index contributed by atoms with van der Waals surface area (Å²) >= 11 is 0. The van der Waals surface area contributed by atoms with Crippen LogP contribution in [0.15, 0.2) is 42.5 Å². The number of Topliss-reactive ketones (excluding diaryl/α,β-unsaturated/α-hetero) is 1. The van der Waals surface area contributed by atoms with Crippen molar-refractivity contribution < 1.29 is 14.4 Å². The largest absolute Gasteiger partial charge is 0.346 e. The Kier molecular flexibility index (Phi) is 7.07. The van der Waals surface area contributed by atoms with Crippen LogP contribution in [-0.4, -0.2) is 24.0 Å². The second-order valence-corrected chi connectivity index (χ2v) is 6.81. The molecule has 0 spiro atoms. The van der Waals surface area contributed by atoms with Crippen molar-refractivity contribution in [2.45, 2.75) is 46.1 Å². The minimum absolute atomic E-state index is 0.0366. The third-order valence-corrected chi connectivity index (χ3v) is 5.02. The van der Waals surface area contributed by atoms with Crippen LogP contribution in [0.3, 0.4) is 0 Å². The van der Waals surface area contributed by atoms with Crippen molar-refractivity contribution >= 4 is 28.7 Å². The fraction of sp³-hybridized carbons (Fsp3) is 0.409. The number of carbonyl (C=O) groups excluding carboxylic acids is 3. The van der Waals surface area contributed by atoms with Crippen LogP contribution in [-0.2, 0) is 20.8 Å². The van der Waals surface area contributed by atoms with Crippen molar-refractivity contribution in [1.29, 1.82) is 0 Å². The van der Waals surface area contributed by atoms with Crippen LogP contribution >= 0.6 is 0 Å². The van der Waals surface area contributed by atoms with E-state index >= 15 is 0 Å². The number of hydrogen-bond donors (Lipinski definition) is 1. The molecule has 3 unspecified atom stereocenters. The summed E-state index contributed by atoms with van der Waals surface area (Å²) in [6.45, 7) is 5.64. The lowest BCUT2D eigenvalue weighted by atomic mass is 9.91. The summed E-state index contributed by atoms with van der Waals surface area (Å²) < 4.78 is 0. The average Bonchev–Trinajstić information content (AvgIpc) is 2.68. The Morgan fingerprint density at radius 2 is 1.77 bits per heavy atom. The lowest BCUT2D eigenvalue weighted by molar-refractivity contribution is -0.135. The van der Waals surface area contributed by atoms with Gasteiger partial charge in [-0.05, 0) is 28.7 Å². The summed E-state index contributed by atoms with van der Waals surface area (Å²) in [5.41, 5.74) is 0.942. The van der Waals surface area contributed by atoms with Gasteiger partial charge in [0.25, 0.3) is 0 Å². The number of amides is 1. The highest BCUT2D eigenvalue weighted by Gasteiger charge is 2.28. The zero-order chi connectivity index (χ0) is 19.1. The average molecular weight is 353 g/mol. The minimum Gasteiger partial charge on any atom is -0.346 e. The monoisotopic (exact) mass is 353 g/mol. The summed E-state index contributed by atoms with van der Waals surface area (Å²) in [5.74, 6) is -1.20.